The molecule has 0 aromatic heterocycles. The summed E-state index contributed by atoms with van der Waals surface area (Å²) in [5, 5.41) is 0. The Kier molecular flexibility index (Phi) is 5.68. The normalized spacial score (nSPS) is 11.5. The van der Waals surface area contributed by atoms with Crippen LogP contribution in [0.5, 0.6) is 0 Å². The predicted octanol–water partition coefficient (Wildman–Crippen LogP) is 4.08. The maximum atomic E-state index is 12.9. The summed E-state index contributed by atoms with van der Waals surface area (Å²) in [6.45, 7) is 0. The predicted molar refractivity (Wildman–Crippen MR) is 87.2 cm³/mol. The van der Waals surface area contributed by atoms with Gasteiger partial charge in [0.25, 0.3) is 0 Å². The van der Waals surface area contributed by atoms with Gasteiger partial charge < -0.3 is 0 Å². The SMILES string of the molecule is O=S(=O)(c1ccccc1CCCl)c1ccccc1CCCl. The van der Waals surface area contributed by atoms with Gasteiger partial charge in [-0.2, -0.15) is 0 Å². The first-order valence-corrected chi connectivity index (χ1v) is 9.19. The summed E-state index contributed by atoms with van der Waals surface area (Å²) in [6.07, 6.45) is 1.04. The molecule has 0 radical (unpaired) electrons. The summed E-state index contributed by atoms with van der Waals surface area (Å²) in [7, 11) is -3.56. The minimum Gasteiger partial charge on any atom is -0.218 e. The zero-order valence-corrected chi connectivity index (χ0v) is 13.8. The Labute approximate surface area is 135 Å². The number of halogens is 2. The van der Waals surface area contributed by atoms with Crippen LogP contribution >= 0.6 is 23.2 Å². The van der Waals surface area contributed by atoms with Crippen molar-refractivity contribution in [3.05, 3.63) is 59.7 Å². The number of aryl methyl sites for hydroxylation is 2. The Hall–Kier alpha value is -1.03. The molecule has 2 rings (SSSR count). The Balaban J connectivity index is 2.58. The van der Waals surface area contributed by atoms with E-state index in [4.69, 9.17) is 23.2 Å². The van der Waals surface area contributed by atoms with E-state index in [1.54, 1.807) is 36.4 Å². The van der Waals surface area contributed by atoms with Gasteiger partial charge in [-0.1, -0.05) is 36.4 Å². The van der Waals surface area contributed by atoms with Gasteiger partial charge in [-0.3, -0.25) is 0 Å². The van der Waals surface area contributed by atoms with Crippen LogP contribution in [0.4, 0.5) is 0 Å². The van der Waals surface area contributed by atoms with E-state index in [1.165, 1.54) is 0 Å². The quantitative estimate of drug-likeness (QED) is 0.741. The number of hydrogen-bond acceptors (Lipinski definition) is 2. The molecule has 0 aliphatic heterocycles. The van der Waals surface area contributed by atoms with E-state index in [9.17, 15) is 8.42 Å². The summed E-state index contributed by atoms with van der Waals surface area (Å²) in [6, 6.07) is 14.0. The minimum atomic E-state index is -3.56. The average molecular weight is 343 g/mol. The van der Waals surface area contributed by atoms with Gasteiger partial charge in [0, 0.05) is 11.8 Å². The topological polar surface area (TPSA) is 34.1 Å². The highest BCUT2D eigenvalue weighted by Gasteiger charge is 2.23. The first kappa shape index (κ1) is 16.3. The number of benzene rings is 2. The fourth-order valence-electron chi connectivity index (χ4n) is 2.27. The van der Waals surface area contributed by atoms with Gasteiger partial charge in [-0.15, -0.1) is 23.2 Å². The molecule has 0 fully saturated rings. The second kappa shape index (κ2) is 7.30. The van der Waals surface area contributed by atoms with Crippen LogP contribution in [0.1, 0.15) is 11.1 Å². The van der Waals surface area contributed by atoms with Crippen molar-refractivity contribution in [2.24, 2.45) is 0 Å². The van der Waals surface area contributed by atoms with Crippen LogP contribution in [-0.4, -0.2) is 20.2 Å². The molecule has 2 aromatic carbocycles. The summed E-state index contributed by atoms with van der Waals surface area (Å²) in [5.74, 6) is 0.770. The van der Waals surface area contributed by atoms with Crippen molar-refractivity contribution in [3.8, 4) is 0 Å². The largest absolute Gasteiger partial charge is 0.218 e. The molecule has 0 bridgehead atoms. The maximum Gasteiger partial charge on any atom is 0.207 e. The lowest BCUT2D eigenvalue weighted by atomic mass is 10.2. The van der Waals surface area contributed by atoms with Crippen LogP contribution in [0, 0.1) is 0 Å². The second-order valence-electron chi connectivity index (χ2n) is 4.60. The molecule has 2 nitrogen and oxygen atoms in total. The summed E-state index contributed by atoms with van der Waals surface area (Å²) < 4.78 is 25.9. The first-order chi connectivity index (χ1) is 10.1. The number of sulfone groups is 1. The zero-order valence-electron chi connectivity index (χ0n) is 11.4. The molecular formula is C16H16Cl2O2S. The van der Waals surface area contributed by atoms with Crippen molar-refractivity contribution < 1.29 is 8.42 Å². The molecule has 0 unspecified atom stereocenters. The lowest BCUT2D eigenvalue weighted by Gasteiger charge is -2.12. The van der Waals surface area contributed by atoms with Crippen molar-refractivity contribution in [1.82, 2.24) is 0 Å². The molecule has 5 heteroatoms. The third-order valence-corrected chi connectivity index (χ3v) is 5.58. The minimum absolute atomic E-state index is 0.327. The number of hydrogen-bond donors (Lipinski definition) is 0. The van der Waals surface area contributed by atoms with Crippen LogP contribution in [0.3, 0.4) is 0 Å². The Morgan fingerprint density at radius 1 is 0.714 bits per heavy atom. The van der Waals surface area contributed by atoms with Crippen molar-refractivity contribution in [2.45, 2.75) is 22.6 Å². The van der Waals surface area contributed by atoms with Gasteiger partial charge >= 0.3 is 0 Å². The summed E-state index contributed by atoms with van der Waals surface area (Å²) in [4.78, 5) is 0.653. The number of alkyl halides is 2. The molecule has 21 heavy (non-hydrogen) atoms. The first-order valence-electron chi connectivity index (χ1n) is 6.64. The molecule has 0 saturated heterocycles. The monoisotopic (exact) mass is 342 g/mol. The van der Waals surface area contributed by atoms with Gasteiger partial charge in [0.1, 0.15) is 0 Å². The molecule has 0 atom stereocenters. The lowest BCUT2D eigenvalue weighted by Crippen LogP contribution is -2.09. The van der Waals surface area contributed by atoms with Crippen molar-refractivity contribution >= 4 is 33.0 Å². The van der Waals surface area contributed by atoms with Gasteiger partial charge in [0.2, 0.25) is 9.84 Å². The zero-order chi connectivity index (χ0) is 15.3. The van der Waals surface area contributed by atoms with E-state index in [0.717, 1.165) is 11.1 Å². The molecule has 0 heterocycles. The van der Waals surface area contributed by atoms with Crippen LogP contribution in [0.2, 0.25) is 0 Å². The highest BCUT2D eigenvalue weighted by atomic mass is 35.5. The van der Waals surface area contributed by atoms with Crippen molar-refractivity contribution in [2.75, 3.05) is 11.8 Å². The van der Waals surface area contributed by atoms with E-state index >= 15 is 0 Å². The molecule has 0 spiro atoms. The summed E-state index contributed by atoms with van der Waals surface area (Å²) >= 11 is 11.5. The van der Waals surface area contributed by atoms with E-state index in [0.29, 0.717) is 34.4 Å². The fraction of sp³-hybridized carbons (Fsp3) is 0.250. The van der Waals surface area contributed by atoms with Gasteiger partial charge in [0.15, 0.2) is 0 Å². The highest BCUT2D eigenvalue weighted by Crippen LogP contribution is 2.27. The van der Waals surface area contributed by atoms with E-state index < -0.39 is 9.84 Å². The van der Waals surface area contributed by atoms with Crippen molar-refractivity contribution in [1.29, 1.82) is 0 Å². The van der Waals surface area contributed by atoms with E-state index in [-0.39, 0.29) is 0 Å². The molecule has 0 aliphatic rings. The Morgan fingerprint density at radius 2 is 1.10 bits per heavy atom. The van der Waals surface area contributed by atoms with Crippen molar-refractivity contribution in [3.63, 3.8) is 0 Å². The molecule has 0 aliphatic carbocycles. The average Bonchev–Trinajstić information content (AvgIpc) is 2.49. The molecule has 112 valence electrons. The molecule has 0 N–H and O–H groups in total. The molecular weight excluding hydrogens is 327 g/mol. The van der Waals surface area contributed by atoms with E-state index in [2.05, 4.69) is 0 Å². The van der Waals surface area contributed by atoms with Gasteiger partial charge in [-0.05, 0) is 36.1 Å². The maximum absolute atomic E-state index is 12.9. The second-order valence-corrected chi connectivity index (χ2v) is 7.24. The lowest BCUT2D eigenvalue weighted by molar-refractivity contribution is 0.594. The smallest absolute Gasteiger partial charge is 0.207 e. The molecule has 0 amide bonds. The summed E-state index contributed by atoms with van der Waals surface area (Å²) in [5.41, 5.74) is 1.49. The van der Waals surface area contributed by atoms with E-state index in [1.807, 2.05) is 12.1 Å². The van der Waals surface area contributed by atoms with Crippen LogP contribution in [0.25, 0.3) is 0 Å². The van der Waals surface area contributed by atoms with Crippen LogP contribution < -0.4 is 0 Å². The molecule has 2 aromatic rings. The third-order valence-electron chi connectivity index (χ3n) is 3.25. The van der Waals surface area contributed by atoms with Crippen LogP contribution in [-0.2, 0) is 22.7 Å². The highest BCUT2D eigenvalue weighted by molar-refractivity contribution is 7.91. The van der Waals surface area contributed by atoms with Crippen LogP contribution in [0.15, 0.2) is 58.3 Å². The van der Waals surface area contributed by atoms with Gasteiger partial charge in [-0.25, -0.2) is 8.42 Å². The fourth-order valence-corrected chi connectivity index (χ4v) is 4.46. The molecule has 0 saturated carbocycles. The Morgan fingerprint density at radius 3 is 1.48 bits per heavy atom. The Bertz CT molecular complexity index is 656. The third kappa shape index (κ3) is 3.60. The number of rotatable bonds is 6. The standard InChI is InChI=1S/C16H16Cl2O2S/c17-11-9-13-5-1-3-7-15(13)21(19,20)16-8-4-2-6-14(16)10-12-18/h1-8H,9-12H2. The van der Waals surface area contributed by atoms with Gasteiger partial charge in [0.05, 0.1) is 9.79 Å².